The van der Waals surface area contributed by atoms with Crippen molar-refractivity contribution in [3.8, 4) is 0 Å². The molecular weight excluding hydrogens is 446 g/mol. The van der Waals surface area contributed by atoms with Gasteiger partial charge in [0.25, 0.3) is 11.8 Å². The van der Waals surface area contributed by atoms with E-state index in [0.29, 0.717) is 37.8 Å². The number of carbonyl (C=O) groups is 3. The number of ether oxygens (including phenoxy) is 1. The number of carbonyl (C=O) groups excluding carboxylic acids is 3. The number of amides is 2. The summed E-state index contributed by atoms with van der Waals surface area (Å²) in [5.74, 6) is -0.715. The van der Waals surface area contributed by atoms with Gasteiger partial charge in [-0.1, -0.05) is 30.3 Å². The highest BCUT2D eigenvalue weighted by Gasteiger charge is 2.29. The number of nitrogens with zero attached hydrogens (tertiary/aromatic N) is 5. The molecule has 1 atom stereocenters. The summed E-state index contributed by atoms with van der Waals surface area (Å²) in [5, 5.41) is 0. The second kappa shape index (κ2) is 10.8. The third-order valence-corrected chi connectivity index (χ3v) is 5.88. The molecule has 0 radical (unpaired) electrons. The lowest BCUT2D eigenvalue weighted by molar-refractivity contribution is -0.140. The van der Waals surface area contributed by atoms with E-state index in [-0.39, 0.29) is 22.9 Å². The number of hydrogen-bond acceptors (Lipinski definition) is 7. The van der Waals surface area contributed by atoms with Gasteiger partial charge in [0, 0.05) is 51.3 Å². The van der Waals surface area contributed by atoms with Crippen LogP contribution >= 0.6 is 0 Å². The van der Waals surface area contributed by atoms with Gasteiger partial charge in [-0.15, -0.1) is 0 Å². The van der Waals surface area contributed by atoms with Gasteiger partial charge in [0.1, 0.15) is 0 Å². The molecule has 1 unspecified atom stereocenters. The Labute approximate surface area is 204 Å². The van der Waals surface area contributed by atoms with Crippen molar-refractivity contribution in [1.82, 2.24) is 14.9 Å². The molecule has 0 saturated carbocycles. The zero-order valence-corrected chi connectivity index (χ0v) is 19.7. The smallest absolute Gasteiger partial charge is 0.339 e. The lowest BCUT2D eigenvalue weighted by Gasteiger charge is -2.35. The average molecular weight is 474 g/mol. The van der Waals surface area contributed by atoms with Crippen LogP contribution in [0.5, 0.6) is 0 Å². The molecular formula is C26H27N5O4. The summed E-state index contributed by atoms with van der Waals surface area (Å²) < 4.78 is 5.50. The number of piperazine rings is 1. The zero-order chi connectivity index (χ0) is 24.8. The first-order valence-corrected chi connectivity index (χ1v) is 11.4. The van der Waals surface area contributed by atoms with Gasteiger partial charge >= 0.3 is 5.97 Å². The van der Waals surface area contributed by atoms with Crippen molar-refractivity contribution in [3.63, 3.8) is 0 Å². The third-order valence-electron chi connectivity index (χ3n) is 5.88. The van der Waals surface area contributed by atoms with Crippen LogP contribution in [0.4, 0.5) is 11.6 Å². The zero-order valence-electron chi connectivity index (χ0n) is 19.7. The number of para-hydroxylation sites is 1. The molecule has 180 valence electrons. The Morgan fingerprint density at radius 2 is 1.46 bits per heavy atom. The fourth-order valence-electron chi connectivity index (χ4n) is 3.91. The molecule has 0 N–H and O–H groups in total. The van der Waals surface area contributed by atoms with E-state index in [1.165, 1.54) is 11.0 Å². The number of benzene rings is 2. The lowest BCUT2D eigenvalue weighted by atomic mass is 10.1. The van der Waals surface area contributed by atoms with Gasteiger partial charge in [0.05, 0.1) is 11.1 Å². The van der Waals surface area contributed by atoms with Crippen molar-refractivity contribution >= 4 is 29.4 Å². The molecule has 9 heteroatoms. The van der Waals surface area contributed by atoms with Crippen molar-refractivity contribution in [2.45, 2.75) is 13.0 Å². The van der Waals surface area contributed by atoms with Crippen LogP contribution in [0.15, 0.2) is 73.1 Å². The predicted molar refractivity (Wildman–Crippen MR) is 131 cm³/mol. The molecule has 2 heterocycles. The maximum atomic E-state index is 13.1. The number of esters is 1. The molecule has 1 aliphatic rings. The predicted octanol–water partition coefficient (Wildman–Crippen LogP) is 2.65. The first kappa shape index (κ1) is 23.9. The fraction of sp³-hybridized carbons (Fsp3) is 0.269. The van der Waals surface area contributed by atoms with Gasteiger partial charge < -0.3 is 19.4 Å². The molecule has 4 rings (SSSR count). The SMILES string of the molecule is CC(OC(=O)c1ccccc1C(=O)N(C)c1ccccc1)C(=O)N1CCN(c2ncccn2)CC1. The van der Waals surface area contributed by atoms with E-state index in [4.69, 9.17) is 4.74 Å². The van der Waals surface area contributed by atoms with Gasteiger partial charge in [-0.05, 0) is 37.3 Å². The second-order valence-electron chi connectivity index (χ2n) is 8.15. The minimum absolute atomic E-state index is 0.117. The molecule has 9 nitrogen and oxygen atoms in total. The molecule has 0 spiro atoms. The molecule has 3 aromatic rings. The monoisotopic (exact) mass is 473 g/mol. The second-order valence-corrected chi connectivity index (χ2v) is 8.15. The minimum atomic E-state index is -0.989. The van der Waals surface area contributed by atoms with Crippen LogP contribution in [0.1, 0.15) is 27.6 Å². The van der Waals surface area contributed by atoms with E-state index in [9.17, 15) is 14.4 Å². The van der Waals surface area contributed by atoms with E-state index in [1.807, 2.05) is 35.2 Å². The molecule has 2 aromatic carbocycles. The highest BCUT2D eigenvalue weighted by molar-refractivity contribution is 6.12. The summed E-state index contributed by atoms with van der Waals surface area (Å²) in [6.45, 7) is 3.65. The summed E-state index contributed by atoms with van der Waals surface area (Å²) in [4.78, 5) is 52.7. The maximum absolute atomic E-state index is 13.1. The molecule has 1 fully saturated rings. The Balaban J connectivity index is 1.39. The van der Waals surface area contributed by atoms with Gasteiger partial charge in [-0.25, -0.2) is 14.8 Å². The van der Waals surface area contributed by atoms with Crippen LogP contribution in [-0.2, 0) is 9.53 Å². The van der Waals surface area contributed by atoms with E-state index >= 15 is 0 Å². The van der Waals surface area contributed by atoms with E-state index < -0.39 is 12.1 Å². The summed E-state index contributed by atoms with van der Waals surface area (Å²) in [6.07, 6.45) is 2.38. The Kier molecular flexibility index (Phi) is 7.35. The van der Waals surface area contributed by atoms with Crippen LogP contribution in [0, 0.1) is 0 Å². The highest BCUT2D eigenvalue weighted by atomic mass is 16.5. The molecule has 0 aliphatic carbocycles. The standard InChI is InChI=1S/C26H27N5O4/c1-19(23(32)30-15-17-31(18-16-30)26-27-13-8-14-28-26)35-25(34)22-12-7-6-11-21(22)24(33)29(2)20-9-4-3-5-10-20/h3-14,19H,15-18H2,1-2H3. The van der Waals surface area contributed by atoms with Gasteiger partial charge in [0.15, 0.2) is 6.10 Å². The molecule has 1 saturated heterocycles. The van der Waals surface area contributed by atoms with E-state index in [0.717, 1.165) is 0 Å². The van der Waals surface area contributed by atoms with Crippen molar-refractivity contribution in [2.75, 3.05) is 43.0 Å². The Hall–Kier alpha value is -4.27. The average Bonchev–Trinajstić information content (AvgIpc) is 2.92. The normalized spacial score (nSPS) is 14.2. The fourth-order valence-corrected chi connectivity index (χ4v) is 3.91. The van der Waals surface area contributed by atoms with Crippen molar-refractivity contribution in [2.24, 2.45) is 0 Å². The van der Waals surface area contributed by atoms with Gasteiger partial charge in [0.2, 0.25) is 5.95 Å². The lowest BCUT2D eigenvalue weighted by Crippen LogP contribution is -2.52. The largest absolute Gasteiger partial charge is 0.449 e. The number of aromatic nitrogens is 2. The molecule has 35 heavy (non-hydrogen) atoms. The van der Waals surface area contributed by atoms with Gasteiger partial charge in [-0.2, -0.15) is 0 Å². The number of anilines is 2. The van der Waals surface area contributed by atoms with Crippen LogP contribution < -0.4 is 9.80 Å². The van der Waals surface area contributed by atoms with Crippen LogP contribution in [-0.4, -0.2) is 72.0 Å². The van der Waals surface area contributed by atoms with Crippen molar-refractivity contribution in [3.05, 3.63) is 84.2 Å². The van der Waals surface area contributed by atoms with E-state index in [1.54, 1.807) is 55.5 Å². The van der Waals surface area contributed by atoms with Crippen molar-refractivity contribution in [1.29, 1.82) is 0 Å². The Bertz CT molecular complexity index is 1180. The van der Waals surface area contributed by atoms with Crippen LogP contribution in [0.2, 0.25) is 0 Å². The molecule has 1 aliphatic heterocycles. The van der Waals surface area contributed by atoms with E-state index in [2.05, 4.69) is 9.97 Å². The summed E-state index contributed by atoms with van der Waals surface area (Å²) in [5.41, 5.74) is 1.02. The summed E-state index contributed by atoms with van der Waals surface area (Å²) >= 11 is 0. The molecule has 1 aromatic heterocycles. The first-order chi connectivity index (χ1) is 17.0. The molecule has 0 bridgehead atoms. The van der Waals surface area contributed by atoms with Crippen LogP contribution in [0.25, 0.3) is 0 Å². The maximum Gasteiger partial charge on any atom is 0.339 e. The third kappa shape index (κ3) is 5.46. The number of hydrogen-bond donors (Lipinski definition) is 0. The van der Waals surface area contributed by atoms with Crippen molar-refractivity contribution < 1.29 is 19.1 Å². The highest BCUT2D eigenvalue weighted by Crippen LogP contribution is 2.19. The Morgan fingerprint density at radius 1 is 0.857 bits per heavy atom. The minimum Gasteiger partial charge on any atom is -0.449 e. The topological polar surface area (TPSA) is 95.9 Å². The molecule has 2 amide bonds. The summed E-state index contributed by atoms with van der Waals surface area (Å²) in [6, 6.07) is 17.4. The Morgan fingerprint density at radius 3 is 2.11 bits per heavy atom. The van der Waals surface area contributed by atoms with Gasteiger partial charge in [-0.3, -0.25) is 9.59 Å². The summed E-state index contributed by atoms with van der Waals surface area (Å²) in [7, 11) is 1.64. The van der Waals surface area contributed by atoms with Crippen LogP contribution in [0.3, 0.4) is 0 Å². The quantitative estimate of drug-likeness (QED) is 0.508. The first-order valence-electron chi connectivity index (χ1n) is 11.4. The number of rotatable bonds is 6.